The van der Waals surface area contributed by atoms with Gasteiger partial charge in [-0.3, -0.25) is 0 Å². The molecule has 0 spiro atoms. The van der Waals surface area contributed by atoms with Crippen molar-refractivity contribution in [1.82, 2.24) is 5.32 Å². The van der Waals surface area contributed by atoms with Gasteiger partial charge in [0.1, 0.15) is 5.82 Å². The molecule has 1 N–H and O–H groups in total. The average Bonchev–Trinajstić information content (AvgIpc) is 2.04. The lowest BCUT2D eigenvalue weighted by Gasteiger charge is -2.17. The summed E-state index contributed by atoms with van der Waals surface area (Å²) in [5.41, 5.74) is 2.09. The maximum absolute atomic E-state index is 12.9. The van der Waals surface area contributed by atoms with Crippen LogP contribution in [0, 0.1) is 5.82 Å². The van der Waals surface area contributed by atoms with Crippen molar-refractivity contribution in [2.24, 2.45) is 0 Å². The van der Waals surface area contributed by atoms with Crippen LogP contribution in [-0.2, 0) is 13.0 Å². The van der Waals surface area contributed by atoms with Gasteiger partial charge in [-0.05, 0) is 36.2 Å². The van der Waals surface area contributed by atoms with Gasteiger partial charge in [0.25, 0.3) is 0 Å². The predicted octanol–water partition coefficient (Wildman–Crippen LogP) is 2.12. The van der Waals surface area contributed by atoms with E-state index in [1.807, 2.05) is 0 Å². The molecule has 1 heterocycles. The van der Waals surface area contributed by atoms with E-state index in [9.17, 15) is 4.39 Å². The Balaban J connectivity index is 2.53. The van der Waals surface area contributed by atoms with E-state index in [0.717, 1.165) is 30.6 Å². The number of hydrogen-bond acceptors (Lipinski definition) is 1. The van der Waals surface area contributed by atoms with Gasteiger partial charge in [-0.25, -0.2) is 4.39 Å². The third kappa shape index (κ3) is 1.32. The SMILES string of the molecule is Fc1cc(Cl)c2c(c1)CCNC2. The second-order valence-corrected chi connectivity index (χ2v) is 3.36. The van der Waals surface area contributed by atoms with Crippen molar-refractivity contribution in [3.05, 3.63) is 34.1 Å². The van der Waals surface area contributed by atoms with Gasteiger partial charge in [0, 0.05) is 11.6 Å². The standard InChI is InChI=1S/C9H9ClFN/c10-9-4-7(11)3-6-1-2-12-5-8(6)9/h3-4,12H,1-2,5H2. The summed E-state index contributed by atoms with van der Waals surface area (Å²) in [4.78, 5) is 0. The van der Waals surface area contributed by atoms with Crippen LogP contribution in [0.2, 0.25) is 5.02 Å². The minimum atomic E-state index is -0.236. The van der Waals surface area contributed by atoms with Gasteiger partial charge in [0.05, 0.1) is 0 Å². The Morgan fingerprint density at radius 3 is 3.08 bits per heavy atom. The van der Waals surface area contributed by atoms with Gasteiger partial charge >= 0.3 is 0 Å². The second-order valence-electron chi connectivity index (χ2n) is 2.95. The fourth-order valence-electron chi connectivity index (χ4n) is 1.51. The maximum atomic E-state index is 12.9. The van der Waals surface area contributed by atoms with Crippen molar-refractivity contribution in [1.29, 1.82) is 0 Å². The van der Waals surface area contributed by atoms with Crippen LogP contribution < -0.4 is 5.32 Å². The number of hydrogen-bond donors (Lipinski definition) is 1. The summed E-state index contributed by atoms with van der Waals surface area (Å²) in [5, 5.41) is 3.73. The van der Waals surface area contributed by atoms with Crippen molar-refractivity contribution >= 4 is 11.6 Å². The molecule has 12 heavy (non-hydrogen) atoms. The van der Waals surface area contributed by atoms with Crippen LogP contribution in [0.25, 0.3) is 0 Å². The summed E-state index contributed by atoms with van der Waals surface area (Å²) in [6, 6.07) is 2.94. The fourth-order valence-corrected chi connectivity index (χ4v) is 1.81. The first-order chi connectivity index (χ1) is 5.77. The van der Waals surface area contributed by atoms with Gasteiger partial charge < -0.3 is 5.32 Å². The molecule has 0 unspecified atom stereocenters. The molecule has 0 fully saturated rings. The number of nitrogens with one attached hydrogen (secondary N) is 1. The van der Waals surface area contributed by atoms with Crippen LogP contribution >= 0.6 is 11.6 Å². The summed E-state index contributed by atoms with van der Waals surface area (Å²) in [6.45, 7) is 1.67. The van der Waals surface area contributed by atoms with E-state index in [-0.39, 0.29) is 5.82 Å². The Hall–Kier alpha value is -0.600. The molecule has 1 aliphatic rings. The highest BCUT2D eigenvalue weighted by Gasteiger charge is 2.12. The van der Waals surface area contributed by atoms with Crippen LogP contribution in [0.5, 0.6) is 0 Å². The smallest absolute Gasteiger partial charge is 0.124 e. The van der Waals surface area contributed by atoms with Crippen molar-refractivity contribution in [2.45, 2.75) is 13.0 Å². The minimum absolute atomic E-state index is 0.236. The van der Waals surface area contributed by atoms with Gasteiger partial charge in [-0.1, -0.05) is 11.6 Å². The molecule has 3 heteroatoms. The molecule has 0 saturated carbocycles. The van der Waals surface area contributed by atoms with Crippen molar-refractivity contribution in [2.75, 3.05) is 6.54 Å². The molecule has 0 saturated heterocycles. The van der Waals surface area contributed by atoms with E-state index in [1.54, 1.807) is 6.07 Å². The van der Waals surface area contributed by atoms with E-state index in [4.69, 9.17) is 11.6 Å². The van der Waals surface area contributed by atoms with Crippen LogP contribution in [0.3, 0.4) is 0 Å². The molecule has 64 valence electrons. The second kappa shape index (κ2) is 3.04. The highest BCUT2D eigenvalue weighted by atomic mass is 35.5. The molecule has 0 bridgehead atoms. The first-order valence-corrected chi connectivity index (χ1v) is 4.32. The lowest BCUT2D eigenvalue weighted by molar-refractivity contribution is 0.606. The number of halogens is 2. The monoisotopic (exact) mass is 185 g/mol. The summed E-state index contributed by atoms with van der Waals surface area (Å²) >= 11 is 5.87. The zero-order chi connectivity index (χ0) is 8.55. The molecule has 1 nitrogen and oxygen atoms in total. The molecule has 1 aliphatic heterocycles. The van der Waals surface area contributed by atoms with Crippen LogP contribution in [0.4, 0.5) is 4.39 Å². The van der Waals surface area contributed by atoms with Crippen LogP contribution in [0.1, 0.15) is 11.1 Å². The zero-order valence-electron chi connectivity index (χ0n) is 6.53. The number of rotatable bonds is 0. The predicted molar refractivity (Wildman–Crippen MR) is 46.8 cm³/mol. The topological polar surface area (TPSA) is 12.0 Å². The molecule has 0 atom stereocenters. The van der Waals surface area contributed by atoms with E-state index >= 15 is 0 Å². The minimum Gasteiger partial charge on any atom is -0.312 e. The Bertz CT molecular complexity index is 312. The Labute approximate surface area is 75.5 Å². The summed E-state index contributed by atoms with van der Waals surface area (Å²) in [5.74, 6) is -0.236. The lowest BCUT2D eigenvalue weighted by Crippen LogP contribution is -2.24. The molecule has 0 amide bonds. The first-order valence-electron chi connectivity index (χ1n) is 3.95. The Kier molecular flexibility index (Phi) is 2.03. The third-order valence-electron chi connectivity index (χ3n) is 2.13. The molecule has 0 radical (unpaired) electrons. The fraction of sp³-hybridized carbons (Fsp3) is 0.333. The normalized spacial score (nSPS) is 15.8. The highest BCUT2D eigenvalue weighted by Crippen LogP contribution is 2.24. The van der Waals surface area contributed by atoms with Crippen molar-refractivity contribution < 1.29 is 4.39 Å². The van der Waals surface area contributed by atoms with Gasteiger partial charge in [0.15, 0.2) is 0 Å². The quantitative estimate of drug-likeness (QED) is 0.653. The first kappa shape index (κ1) is 8.02. The van der Waals surface area contributed by atoms with E-state index < -0.39 is 0 Å². The lowest BCUT2D eigenvalue weighted by atomic mass is 10.0. The van der Waals surface area contributed by atoms with Crippen LogP contribution in [0.15, 0.2) is 12.1 Å². The average molecular weight is 186 g/mol. The van der Waals surface area contributed by atoms with E-state index in [1.165, 1.54) is 6.07 Å². The molecule has 1 aromatic rings. The molecular formula is C9H9ClFN. The molecule has 1 aromatic carbocycles. The highest BCUT2D eigenvalue weighted by molar-refractivity contribution is 6.31. The zero-order valence-corrected chi connectivity index (χ0v) is 7.29. The van der Waals surface area contributed by atoms with Crippen molar-refractivity contribution in [3.8, 4) is 0 Å². The van der Waals surface area contributed by atoms with E-state index in [0.29, 0.717) is 5.02 Å². The molecule has 2 rings (SSSR count). The van der Waals surface area contributed by atoms with Gasteiger partial charge in [0.2, 0.25) is 0 Å². The number of fused-ring (bicyclic) bond motifs is 1. The summed E-state index contributed by atoms with van der Waals surface area (Å²) in [6.07, 6.45) is 0.868. The van der Waals surface area contributed by atoms with Crippen molar-refractivity contribution in [3.63, 3.8) is 0 Å². The van der Waals surface area contributed by atoms with E-state index in [2.05, 4.69) is 5.32 Å². The van der Waals surface area contributed by atoms with Gasteiger partial charge in [-0.15, -0.1) is 0 Å². The maximum Gasteiger partial charge on any atom is 0.124 e. The number of benzene rings is 1. The Morgan fingerprint density at radius 2 is 2.25 bits per heavy atom. The molecule has 0 aromatic heterocycles. The summed E-state index contributed by atoms with van der Waals surface area (Å²) in [7, 11) is 0. The van der Waals surface area contributed by atoms with Crippen LogP contribution in [-0.4, -0.2) is 6.54 Å². The molecule has 0 aliphatic carbocycles. The van der Waals surface area contributed by atoms with Gasteiger partial charge in [-0.2, -0.15) is 0 Å². The summed E-state index contributed by atoms with van der Waals surface area (Å²) < 4.78 is 12.9. The largest absolute Gasteiger partial charge is 0.312 e. The third-order valence-corrected chi connectivity index (χ3v) is 2.46. The molecular weight excluding hydrogens is 177 g/mol. The Morgan fingerprint density at radius 1 is 1.42 bits per heavy atom.